The maximum absolute atomic E-state index is 2.41. The Morgan fingerprint density at radius 3 is 1.40 bits per heavy atom. The normalized spacial score (nSPS) is 11.5. The zero-order chi connectivity index (χ0) is 41.0. The third-order valence-electron chi connectivity index (χ3n) is 12.6. The van der Waals surface area contributed by atoms with Crippen molar-refractivity contribution >= 4 is 71.2 Å². The molecule has 1 aromatic heterocycles. The van der Waals surface area contributed by atoms with Crippen LogP contribution in [-0.4, -0.2) is 4.57 Å². The van der Waals surface area contributed by atoms with Crippen molar-refractivity contribution in [2.24, 2.45) is 0 Å². The molecule has 12 rings (SSSR count). The number of hydrogen-bond acceptors (Lipinski definition) is 1. The Kier molecular flexibility index (Phi) is 8.53. The van der Waals surface area contributed by atoms with Crippen LogP contribution in [0.15, 0.2) is 243 Å². The minimum absolute atomic E-state index is 1.10. The van der Waals surface area contributed by atoms with Crippen molar-refractivity contribution in [2.45, 2.75) is 0 Å². The van der Waals surface area contributed by atoms with Crippen LogP contribution in [0.25, 0.3) is 93.2 Å². The van der Waals surface area contributed by atoms with Gasteiger partial charge in [0.05, 0.1) is 16.7 Å². The molecule has 0 N–H and O–H groups in total. The van der Waals surface area contributed by atoms with Crippen LogP contribution in [0.5, 0.6) is 0 Å². The molecule has 12 aromatic rings. The van der Waals surface area contributed by atoms with Gasteiger partial charge in [-0.3, -0.25) is 0 Å². The van der Waals surface area contributed by atoms with Crippen molar-refractivity contribution < 1.29 is 0 Å². The van der Waals surface area contributed by atoms with Crippen molar-refractivity contribution in [1.29, 1.82) is 0 Å². The standard InChI is InChI=1S/C60H40N2/c1-2-13-47-39-48(27-23-41(47)11-1)44-31-35-51(36-32-44)61(52-37-38-54-49(40-52)28-26-45-12-3-4-14-53(45)54)50-33-29-43(30-34-50)42-21-24-46(25-22-42)55-15-5-8-18-58(55)62-59-19-9-6-16-56(59)57-17-7-10-20-60(57)62/h1-40H. The molecule has 0 aliphatic heterocycles. The average molecular weight is 789 g/mol. The first-order valence-electron chi connectivity index (χ1n) is 21.3. The fourth-order valence-electron chi connectivity index (χ4n) is 9.50. The van der Waals surface area contributed by atoms with E-state index in [-0.39, 0.29) is 0 Å². The summed E-state index contributed by atoms with van der Waals surface area (Å²) in [6.07, 6.45) is 0. The van der Waals surface area contributed by atoms with Gasteiger partial charge in [0.2, 0.25) is 0 Å². The summed E-state index contributed by atoms with van der Waals surface area (Å²) >= 11 is 0. The molecule has 0 unspecified atom stereocenters. The smallest absolute Gasteiger partial charge is 0.0541 e. The van der Waals surface area contributed by atoms with Crippen LogP contribution in [-0.2, 0) is 0 Å². The molecular weight excluding hydrogens is 749 g/mol. The zero-order valence-electron chi connectivity index (χ0n) is 34.0. The van der Waals surface area contributed by atoms with Gasteiger partial charge in [-0.15, -0.1) is 0 Å². The first-order chi connectivity index (χ1) is 30.7. The second kappa shape index (κ2) is 14.8. The van der Waals surface area contributed by atoms with E-state index in [2.05, 4.69) is 252 Å². The van der Waals surface area contributed by atoms with Crippen molar-refractivity contribution in [3.8, 4) is 39.1 Å². The summed E-state index contributed by atoms with van der Waals surface area (Å²) in [5.74, 6) is 0. The van der Waals surface area contributed by atoms with Crippen molar-refractivity contribution in [3.05, 3.63) is 243 Å². The topological polar surface area (TPSA) is 8.17 Å². The van der Waals surface area contributed by atoms with Gasteiger partial charge in [0.1, 0.15) is 0 Å². The molecule has 0 aliphatic rings. The summed E-state index contributed by atoms with van der Waals surface area (Å²) in [6, 6.07) is 88.4. The Bertz CT molecular complexity index is 3560. The highest BCUT2D eigenvalue weighted by Crippen LogP contribution is 2.40. The molecule has 0 saturated carbocycles. The summed E-state index contributed by atoms with van der Waals surface area (Å²) in [6.45, 7) is 0. The average Bonchev–Trinajstić information content (AvgIpc) is 3.68. The van der Waals surface area contributed by atoms with Crippen LogP contribution in [0.1, 0.15) is 0 Å². The summed E-state index contributed by atoms with van der Waals surface area (Å²) in [5, 5.41) is 10.0. The van der Waals surface area contributed by atoms with E-state index in [1.165, 1.54) is 93.2 Å². The highest BCUT2D eigenvalue weighted by molar-refractivity contribution is 6.10. The van der Waals surface area contributed by atoms with E-state index in [1.54, 1.807) is 0 Å². The summed E-state index contributed by atoms with van der Waals surface area (Å²) in [4.78, 5) is 2.37. The van der Waals surface area contributed by atoms with Gasteiger partial charge in [0.25, 0.3) is 0 Å². The van der Waals surface area contributed by atoms with Crippen molar-refractivity contribution in [3.63, 3.8) is 0 Å². The highest BCUT2D eigenvalue weighted by atomic mass is 15.1. The van der Waals surface area contributed by atoms with E-state index in [0.29, 0.717) is 0 Å². The van der Waals surface area contributed by atoms with Crippen LogP contribution in [0.3, 0.4) is 0 Å². The SMILES string of the molecule is c1ccc(-n2c3ccccc3c3ccccc32)c(-c2ccc(-c3ccc(N(c4ccc(-c5ccc6ccccc6c5)cc4)c4ccc5c(ccc6ccccc65)c4)cc3)cc2)c1. The summed E-state index contributed by atoms with van der Waals surface area (Å²) in [7, 11) is 0. The lowest BCUT2D eigenvalue weighted by atomic mass is 9.98. The van der Waals surface area contributed by atoms with Gasteiger partial charge in [-0.05, 0) is 121 Å². The van der Waals surface area contributed by atoms with Crippen LogP contribution in [0, 0.1) is 0 Å². The Morgan fingerprint density at radius 1 is 0.258 bits per heavy atom. The molecule has 0 radical (unpaired) electrons. The Morgan fingerprint density at radius 2 is 0.710 bits per heavy atom. The number of rotatable bonds is 7. The minimum atomic E-state index is 1.10. The maximum Gasteiger partial charge on any atom is 0.0541 e. The molecule has 1 heterocycles. The Balaban J connectivity index is 0.900. The molecule has 2 nitrogen and oxygen atoms in total. The Labute approximate surface area is 360 Å². The number of hydrogen-bond donors (Lipinski definition) is 0. The maximum atomic E-state index is 2.41. The number of fused-ring (bicyclic) bond motifs is 7. The van der Waals surface area contributed by atoms with Crippen LogP contribution >= 0.6 is 0 Å². The molecule has 0 atom stereocenters. The van der Waals surface area contributed by atoms with E-state index >= 15 is 0 Å². The minimum Gasteiger partial charge on any atom is -0.310 e. The number of aromatic nitrogens is 1. The van der Waals surface area contributed by atoms with E-state index in [9.17, 15) is 0 Å². The lowest BCUT2D eigenvalue weighted by Crippen LogP contribution is -2.09. The van der Waals surface area contributed by atoms with E-state index < -0.39 is 0 Å². The van der Waals surface area contributed by atoms with E-state index in [4.69, 9.17) is 0 Å². The fourth-order valence-corrected chi connectivity index (χ4v) is 9.50. The third kappa shape index (κ3) is 6.12. The number of para-hydroxylation sites is 3. The highest BCUT2D eigenvalue weighted by Gasteiger charge is 2.17. The van der Waals surface area contributed by atoms with Crippen LogP contribution in [0.2, 0.25) is 0 Å². The first-order valence-corrected chi connectivity index (χ1v) is 21.3. The molecular formula is C60H40N2. The first kappa shape index (κ1) is 35.7. The Hall–Kier alpha value is -8.20. The van der Waals surface area contributed by atoms with Gasteiger partial charge in [0.15, 0.2) is 0 Å². The molecule has 11 aromatic carbocycles. The van der Waals surface area contributed by atoms with E-state index in [1.807, 2.05) is 0 Å². The molecule has 2 heteroatoms. The monoisotopic (exact) mass is 788 g/mol. The fraction of sp³-hybridized carbons (Fsp3) is 0. The quantitative estimate of drug-likeness (QED) is 0.146. The second-order valence-electron chi connectivity index (χ2n) is 16.1. The van der Waals surface area contributed by atoms with Gasteiger partial charge in [-0.1, -0.05) is 182 Å². The molecule has 0 saturated heterocycles. The van der Waals surface area contributed by atoms with Crippen molar-refractivity contribution in [2.75, 3.05) is 4.90 Å². The van der Waals surface area contributed by atoms with Gasteiger partial charge in [-0.2, -0.15) is 0 Å². The molecule has 62 heavy (non-hydrogen) atoms. The molecule has 0 amide bonds. The number of benzene rings is 11. The largest absolute Gasteiger partial charge is 0.310 e. The third-order valence-corrected chi connectivity index (χ3v) is 12.6. The number of anilines is 3. The van der Waals surface area contributed by atoms with Crippen LogP contribution in [0.4, 0.5) is 17.1 Å². The summed E-state index contributed by atoms with van der Waals surface area (Å²) < 4.78 is 2.41. The molecule has 0 bridgehead atoms. The zero-order valence-corrected chi connectivity index (χ0v) is 34.0. The van der Waals surface area contributed by atoms with Crippen LogP contribution < -0.4 is 4.90 Å². The van der Waals surface area contributed by atoms with Gasteiger partial charge in [-0.25, -0.2) is 0 Å². The van der Waals surface area contributed by atoms with Crippen molar-refractivity contribution in [1.82, 2.24) is 4.57 Å². The lowest BCUT2D eigenvalue weighted by molar-refractivity contribution is 1.18. The number of nitrogens with zero attached hydrogens (tertiary/aromatic N) is 2. The summed E-state index contributed by atoms with van der Waals surface area (Å²) in [5.41, 5.74) is 14.1. The van der Waals surface area contributed by atoms with Gasteiger partial charge < -0.3 is 9.47 Å². The lowest BCUT2D eigenvalue weighted by Gasteiger charge is -2.26. The molecule has 290 valence electrons. The van der Waals surface area contributed by atoms with Gasteiger partial charge in [0, 0.05) is 33.4 Å². The second-order valence-corrected chi connectivity index (χ2v) is 16.1. The predicted molar refractivity (Wildman–Crippen MR) is 264 cm³/mol. The predicted octanol–water partition coefficient (Wildman–Crippen LogP) is 16.7. The molecule has 0 fully saturated rings. The van der Waals surface area contributed by atoms with Gasteiger partial charge >= 0.3 is 0 Å². The molecule has 0 aliphatic carbocycles. The van der Waals surface area contributed by atoms with E-state index in [0.717, 1.165) is 17.1 Å². The molecule has 0 spiro atoms.